The van der Waals surface area contributed by atoms with E-state index < -0.39 is 15.8 Å². The topological polar surface area (TPSA) is 90.5 Å². The number of rotatable bonds is 6. The van der Waals surface area contributed by atoms with Crippen molar-refractivity contribution in [3.8, 4) is 5.75 Å². The van der Waals surface area contributed by atoms with Crippen molar-refractivity contribution < 1.29 is 17.6 Å². The van der Waals surface area contributed by atoms with Crippen LogP contribution in [0.3, 0.4) is 0 Å². The van der Waals surface area contributed by atoms with Crippen LogP contribution in [0.2, 0.25) is 5.02 Å². The number of aryl methyl sites for hydroxylation is 1. The molecule has 0 spiro atoms. The van der Waals surface area contributed by atoms with Crippen LogP contribution in [0.4, 0.5) is 5.69 Å². The molecular weight excluding hydrogens is 380 g/mol. The van der Waals surface area contributed by atoms with Gasteiger partial charge in [-0.2, -0.15) is 0 Å². The Morgan fingerprint density at radius 1 is 1.23 bits per heavy atom. The van der Waals surface area contributed by atoms with Crippen LogP contribution in [0.25, 0.3) is 11.1 Å². The van der Waals surface area contributed by atoms with Crippen LogP contribution < -0.4 is 15.2 Å². The standard InChI is InChI=1S/C17H17ClN2O5S/c1-3-20-13-9-11(18)16(10-15(13)25-17(20)21)26(22,23)19-12-7-5-6-8-14(12)24-4-2/h5-10,19H,3-4H2,1-2H3. The Hall–Kier alpha value is -2.45. The molecule has 138 valence electrons. The Kier molecular flexibility index (Phi) is 4.97. The number of hydrogen-bond donors (Lipinski definition) is 1. The summed E-state index contributed by atoms with van der Waals surface area (Å²) in [4.78, 5) is 11.6. The van der Waals surface area contributed by atoms with Gasteiger partial charge in [0, 0.05) is 12.6 Å². The molecule has 9 heteroatoms. The first kappa shape index (κ1) is 18.3. The summed E-state index contributed by atoms with van der Waals surface area (Å²) in [6, 6.07) is 9.33. The second kappa shape index (κ2) is 7.05. The Balaban J connectivity index is 2.08. The summed E-state index contributed by atoms with van der Waals surface area (Å²) in [5.41, 5.74) is 0.883. The summed E-state index contributed by atoms with van der Waals surface area (Å²) in [5, 5.41) is -0.0121. The molecule has 0 fully saturated rings. The number of fused-ring (bicyclic) bond motifs is 1. The lowest BCUT2D eigenvalue weighted by molar-refractivity contribution is 0.342. The maximum atomic E-state index is 12.8. The van der Waals surface area contributed by atoms with E-state index in [2.05, 4.69) is 4.72 Å². The minimum absolute atomic E-state index is 0.0121. The van der Waals surface area contributed by atoms with E-state index in [1.807, 2.05) is 0 Å². The first-order valence-electron chi connectivity index (χ1n) is 7.95. The van der Waals surface area contributed by atoms with Gasteiger partial charge >= 0.3 is 5.76 Å². The second-order valence-corrected chi connectivity index (χ2v) is 7.46. The first-order valence-corrected chi connectivity index (χ1v) is 9.81. The predicted molar refractivity (Wildman–Crippen MR) is 99.6 cm³/mol. The number of ether oxygens (including phenoxy) is 1. The normalized spacial score (nSPS) is 11.7. The molecule has 1 N–H and O–H groups in total. The Morgan fingerprint density at radius 2 is 1.96 bits per heavy atom. The fraction of sp³-hybridized carbons (Fsp3) is 0.235. The fourth-order valence-electron chi connectivity index (χ4n) is 2.60. The van der Waals surface area contributed by atoms with Crippen molar-refractivity contribution in [3.63, 3.8) is 0 Å². The largest absolute Gasteiger partial charge is 0.492 e. The first-order chi connectivity index (χ1) is 12.4. The number of para-hydroxylation sites is 2. The maximum absolute atomic E-state index is 12.8. The minimum Gasteiger partial charge on any atom is -0.492 e. The lowest BCUT2D eigenvalue weighted by Gasteiger charge is -2.13. The monoisotopic (exact) mass is 396 g/mol. The summed E-state index contributed by atoms with van der Waals surface area (Å²) >= 11 is 6.19. The zero-order valence-corrected chi connectivity index (χ0v) is 15.7. The molecule has 0 unspecified atom stereocenters. The van der Waals surface area contributed by atoms with Crippen LogP contribution in [0.5, 0.6) is 5.75 Å². The molecule has 3 rings (SSSR count). The van der Waals surface area contributed by atoms with Gasteiger partial charge in [-0.25, -0.2) is 13.2 Å². The van der Waals surface area contributed by atoms with E-state index in [-0.39, 0.29) is 21.2 Å². The third-order valence-corrected chi connectivity index (χ3v) is 5.59. The third kappa shape index (κ3) is 3.30. The lowest BCUT2D eigenvalue weighted by Crippen LogP contribution is -2.14. The van der Waals surface area contributed by atoms with Gasteiger partial charge in [-0.1, -0.05) is 23.7 Å². The van der Waals surface area contributed by atoms with Crippen LogP contribution in [0.15, 0.2) is 50.5 Å². The SMILES string of the molecule is CCOc1ccccc1NS(=O)(=O)c1cc2oc(=O)n(CC)c2cc1Cl. The van der Waals surface area contributed by atoms with Crippen molar-refractivity contribution in [2.75, 3.05) is 11.3 Å². The van der Waals surface area contributed by atoms with Crippen LogP contribution in [-0.4, -0.2) is 19.6 Å². The molecule has 1 aromatic heterocycles. The summed E-state index contributed by atoms with van der Waals surface area (Å²) in [6.07, 6.45) is 0. The average Bonchev–Trinajstić information content (AvgIpc) is 2.90. The molecule has 0 atom stereocenters. The van der Waals surface area contributed by atoms with Crippen LogP contribution in [0, 0.1) is 0 Å². The van der Waals surface area contributed by atoms with Crippen molar-refractivity contribution >= 4 is 38.4 Å². The van der Waals surface area contributed by atoms with Gasteiger partial charge in [0.15, 0.2) is 5.58 Å². The summed E-state index contributed by atoms with van der Waals surface area (Å²) < 4.78 is 40.0. The molecule has 0 aliphatic rings. The number of oxazole rings is 1. The van der Waals surface area contributed by atoms with E-state index in [4.69, 9.17) is 20.8 Å². The predicted octanol–water partition coefficient (Wildman–Crippen LogP) is 3.47. The molecule has 26 heavy (non-hydrogen) atoms. The van der Waals surface area contributed by atoms with Crippen molar-refractivity contribution in [1.29, 1.82) is 0 Å². The number of nitrogens with zero attached hydrogens (tertiary/aromatic N) is 1. The van der Waals surface area contributed by atoms with Crippen LogP contribution in [0.1, 0.15) is 13.8 Å². The highest BCUT2D eigenvalue weighted by Crippen LogP contribution is 2.31. The number of aromatic nitrogens is 1. The molecule has 3 aromatic rings. The van der Waals surface area contributed by atoms with Gasteiger partial charge in [0.2, 0.25) is 0 Å². The van der Waals surface area contributed by atoms with E-state index in [1.54, 1.807) is 38.1 Å². The Labute approximate surface area is 155 Å². The number of hydrogen-bond acceptors (Lipinski definition) is 5. The van der Waals surface area contributed by atoms with E-state index >= 15 is 0 Å². The molecule has 1 heterocycles. The molecule has 0 saturated carbocycles. The minimum atomic E-state index is -4.02. The van der Waals surface area contributed by atoms with Gasteiger partial charge in [-0.15, -0.1) is 0 Å². The Morgan fingerprint density at radius 3 is 2.65 bits per heavy atom. The zero-order chi connectivity index (χ0) is 18.9. The summed E-state index contributed by atoms with van der Waals surface area (Å²) in [5.74, 6) is -0.165. The number of benzene rings is 2. The van der Waals surface area contributed by atoms with Gasteiger partial charge in [0.05, 0.1) is 22.8 Å². The van der Waals surface area contributed by atoms with Crippen molar-refractivity contribution in [2.45, 2.75) is 25.3 Å². The second-order valence-electron chi connectivity index (χ2n) is 5.40. The number of anilines is 1. The molecule has 7 nitrogen and oxygen atoms in total. The van der Waals surface area contributed by atoms with Gasteiger partial charge in [0.25, 0.3) is 10.0 Å². The molecule has 0 saturated heterocycles. The quantitative estimate of drug-likeness (QED) is 0.688. The number of halogens is 1. The maximum Gasteiger partial charge on any atom is 0.419 e. The van der Waals surface area contributed by atoms with E-state index in [1.165, 1.54) is 16.7 Å². The smallest absolute Gasteiger partial charge is 0.419 e. The van der Waals surface area contributed by atoms with Gasteiger partial charge in [-0.05, 0) is 32.0 Å². The highest BCUT2D eigenvalue weighted by atomic mass is 35.5. The van der Waals surface area contributed by atoms with E-state index in [0.29, 0.717) is 24.4 Å². The average molecular weight is 397 g/mol. The van der Waals surface area contributed by atoms with E-state index in [0.717, 1.165) is 0 Å². The summed E-state index contributed by atoms with van der Waals surface area (Å²) in [7, 11) is -4.02. The molecule has 0 amide bonds. The van der Waals surface area contributed by atoms with Gasteiger partial charge < -0.3 is 9.15 Å². The van der Waals surface area contributed by atoms with Crippen LogP contribution >= 0.6 is 11.6 Å². The number of sulfonamides is 1. The lowest BCUT2D eigenvalue weighted by atomic mass is 10.3. The fourth-order valence-corrected chi connectivity index (χ4v) is 4.21. The molecule has 0 bridgehead atoms. The van der Waals surface area contributed by atoms with Crippen molar-refractivity contribution in [2.24, 2.45) is 0 Å². The Bertz CT molecular complexity index is 1120. The summed E-state index contributed by atoms with van der Waals surface area (Å²) in [6.45, 7) is 4.35. The third-order valence-electron chi connectivity index (χ3n) is 3.76. The molecule has 0 aliphatic carbocycles. The van der Waals surface area contributed by atoms with Crippen molar-refractivity contribution in [1.82, 2.24) is 4.57 Å². The van der Waals surface area contributed by atoms with E-state index in [9.17, 15) is 13.2 Å². The molecule has 2 aromatic carbocycles. The highest BCUT2D eigenvalue weighted by Gasteiger charge is 2.23. The van der Waals surface area contributed by atoms with Crippen LogP contribution in [-0.2, 0) is 16.6 Å². The number of nitrogens with one attached hydrogen (secondary N) is 1. The van der Waals surface area contributed by atoms with Crippen molar-refractivity contribution in [3.05, 3.63) is 52.0 Å². The molecule has 0 aliphatic heterocycles. The molecule has 0 radical (unpaired) electrons. The molecular formula is C17H17ClN2O5S. The van der Waals surface area contributed by atoms with Gasteiger partial charge in [0.1, 0.15) is 10.6 Å². The highest BCUT2D eigenvalue weighted by molar-refractivity contribution is 7.92. The zero-order valence-electron chi connectivity index (χ0n) is 14.2. The van der Waals surface area contributed by atoms with Gasteiger partial charge in [-0.3, -0.25) is 9.29 Å².